The monoisotopic (exact) mass is 428 g/mol. The standard InChI is InChI=1S/C22H21FN2O4S/c1-30(27,28)29-21-12-10-18(11-13-21)16-25(15-17-6-3-2-4-7-17)22(26)24-20-9-5-8-19(23)14-20/h2-14H,15-16H2,1H3,(H,24,26). The molecule has 0 radical (unpaired) electrons. The van der Waals surface area contributed by atoms with E-state index in [2.05, 4.69) is 5.32 Å². The topological polar surface area (TPSA) is 75.7 Å². The molecule has 0 spiro atoms. The summed E-state index contributed by atoms with van der Waals surface area (Å²) in [5.41, 5.74) is 2.07. The quantitative estimate of drug-likeness (QED) is 0.566. The highest BCUT2D eigenvalue weighted by molar-refractivity contribution is 7.86. The minimum absolute atomic E-state index is 0.195. The Morgan fingerprint density at radius 2 is 1.57 bits per heavy atom. The molecular formula is C22H21FN2O4S. The molecule has 8 heteroatoms. The van der Waals surface area contributed by atoms with E-state index in [1.165, 1.54) is 30.3 Å². The van der Waals surface area contributed by atoms with Crippen LogP contribution in [0.1, 0.15) is 11.1 Å². The molecule has 0 atom stereocenters. The summed E-state index contributed by atoms with van der Waals surface area (Å²) >= 11 is 0. The number of carbonyl (C=O) groups excluding carboxylic acids is 1. The predicted octanol–water partition coefficient (Wildman–Crippen LogP) is 4.40. The third kappa shape index (κ3) is 6.59. The number of amides is 2. The Balaban J connectivity index is 1.77. The fourth-order valence-corrected chi connectivity index (χ4v) is 3.28. The molecule has 0 aliphatic heterocycles. The molecule has 0 aliphatic rings. The maximum Gasteiger partial charge on any atom is 0.322 e. The van der Waals surface area contributed by atoms with E-state index >= 15 is 0 Å². The first-order valence-corrected chi connectivity index (χ1v) is 10.9. The summed E-state index contributed by atoms with van der Waals surface area (Å²) in [7, 11) is -3.61. The summed E-state index contributed by atoms with van der Waals surface area (Å²) in [6.07, 6.45) is 0.971. The van der Waals surface area contributed by atoms with Crippen LogP contribution in [0.15, 0.2) is 78.9 Å². The first-order valence-electron chi connectivity index (χ1n) is 9.12. The molecule has 3 rings (SSSR count). The smallest absolute Gasteiger partial charge is 0.322 e. The third-order valence-electron chi connectivity index (χ3n) is 4.12. The highest BCUT2D eigenvalue weighted by atomic mass is 32.2. The van der Waals surface area contributed by atoms with Crippen LogP contribution in [0.5, 0.6) is 5.75 Å². The second-order valence-electron chi connectivity index (χ2n) is 6.71. The average Bonchev–Trinajstić information content (AvgIpc) is 2.68. The van der Waals surface area contributed by atoms with E-state index in [1.807, 2.05) is 30.3 Å². The van der Waals surface area contributed by atoms with Gasteiger partial charge in [0.2, 0.25) is 0 Å². The Bertz CT molecular complexity index is 1100. The van der Waals surface area contributed by atoms with Gasteiger partial charge in [0.1, 0.15) is 11.6 Å². The largest absolute Gasteiger partial charge is 0.383 e. The molecule has 30 heavy (non-hydrogen) atoms. The number of hydrogen-bond acceptors (Lipinski definition) is 4. The van der Waals surface area contributed by atoms with Gasteiger partial charge in [-0.3, -0.25) is 0 Å². The molecule has 0 saturated carbocycles. The van der Waals surface area contributed by atoms with E-state index < -0.39 is 15.9 Å². The number of halogens is 1. The summed E-state index contributed by atoms with van der Waals surface area (Å²) in [4.78, 5) is 14.5. The number of nitrogens with zero attached hydrogens (tertiary/aromatic N) is 1. The lowest BCUT2D eigenvalue weighted by Crippen LogP contribution is -2.34. The lowest BCUT2D eigenvalue weighted by Gasteiger charge is -2.23. The molecule has 156 valence electrons. The van der Waals surface area contributed by atoms with Gasteiger partial charge in [-0.2, -0.15) is 8.42 Å². The van der Waals surface area contributed by atoms with Gasteiger partial charge in [0.25, 0.3) is 0 Å². The van der Waals surface area contributed by atoms with Crippen molar-refractivity contribution in [2.45, 2.75) is 13.1 Å². The van der Waals surface area contributed by atoms with E-state index in [9.17, 15) is 17.6 Å². The van der Waals surface area contributed by atoms with Crippen molar-refractivity contribution in [2.75, 3.05) is 11.6 Å². The van der Waals surface area contributed by atoms with Gasteiger partial charge in [-0.15, -0.1) is 0 Å². The zero-order chi connectivity index (χ0) is 21.6. The first-order chi connectivity index (χ1) is 14.3. The van der Waals surface area contributed by atoms with Gasteiger partial charge in [-0.1, -0.05) is 48.5 Å². The van der Waals surface area contributed by atoms with Crippen LogP contribution in [0.2, 0.25) is 0 Å². The molecular weight excluding hydrogens is 407 g/mol. The summed E-state index contributed by atoms with van der Waals surface area (Å²) in [5.74, 6) is -0.246. The van der Waals surface area contributed by atoms with Crippen molar-refractivity contribution in [2.24, 2.45) is 0 Å². The summed E-state index contributed by atoms with van der Waals surface area (Å²) in [6, 6.07) is 21.2. The molecule has 3 aromatic rings. The molecule has 0 bridgehead atoms. The maximum atomic E-state index is 13.4. The van der Waals surface area contributed by atoms with Gasteiger partial charge in [-0.25, -0.2) is 9.18 Å². The molecule has 0 heterocycles. The zero-order valence-corrected chi connectivity index (χ0v) is 17.1. The third-order valence-corrected chi connectivity index (χ3v) is 4.62. The van der Waals surface area contributed by atoms with Crippen molar-refractivity contribution < 1.29 is 21.8 Å². The van der Waals surface area contributed by atoms with E-state index in [-0.39, 0.29) is 18.3 Å². The Kier molecular flexibility index (Phi) is 6.68. The molecule has 6 nitrogen and oxygen atoms in total. The number of hydrogen-bond donors (Lipinski definition) is 1. The Labute approximate surface area is 175 Å². The fourth-order valence-electron chi connectivity index (χ4n) is 2.82. The summed E-state index contributed by atoms with van der Waals surface area (Å²) < 4.78 is 40.8. The van der Waals surface area contributed by atoms with Crippen LogP contribution >= 0.6 is 0 Å². The van der Waals surface area contributed by atoms with Crippen molar-refractivity contribution in [1.29, 1.82) is 0 Å². The Morgan fingerprint density at radius 3 is 2.17 bits per heavy atom. The van der Waals surface area contributed by atoms with E-state index in [4.69, 9.17) is 4.18 Å². The maximum absolute atomic E-state index is 13.4. The molecule has 0 aliphatic carbocycles. The first kappa shape index (κ1) is 21.3. The van der Waals surface area contributed by atoms with Gasteiger partial charge in [0, 0.05) is 18.8 Å². The number of urea groups is 1. The van der Waals surface area contributed by atoms with Crippen LogP contribution < -0.4 is 9.50 Å². The van der Waals surface area contributed by atoms with Crippen LogP contribution in [-0.4, -0.2) is 25.6 Å². The normalized spacial score (nSPS) is 11.0. The van der Waals surface area contributed by atoms with E-state index in [0.29, 0.717) is 12.2 Å². The lowest BCUT2D eigenvalue weighted by molar-refractivity contribution is 0.206. The van der Waals surface area contributed by atoms with Gasteiger partial charge < -0.3 is 14.4 Å². The SMILES string of the molecule is CS(=O)(=O)Oc1ccc(CN(Cc2ccccc2)C(=O)Nc2cccc(F)c2)cc1. The lowest BCUT2D eigenvalue weighted by atomic mass is 10.1. The predicted molar refractivity (Wildman–Crippen MR) is 113 cm³/mol. The molecule has 2 amide bonds. The Hall–Kier alpha value is -3.39. The molecule has 0 unspecified atom stereocenters. The molecule has 0 aromatic heterocycles. The van der Waals surface area contributed by atoms with E-state index in [1.54, 1.807) is 23.1 Å². The van der Waals surface area contributed by atoms with Gasteiger partial charge in [0.15, 0.2) is 0 Å². The van der Waals surface area contributed by atoms with Gasteiger partial charge >= 0.3 is 16.1 Å². The molecule has 0 saturated heterocycles. The number of benzene rings is 3. The van der Waals surface area contributed by atoms with Crippen LogP contribution in [0.25, 0.3) is 0 Å². The molecule has 3 aromatic carbocycles. The average molecular weight is 428 g/mol. The summed E-state index contributed by atoms with van der Waals surface area (Å²) in [6.45, 7) is 0.596. The van der Waals surface area contributed by atoms with Crippen molar-refractivity contribution in [3.05, 3.63) is 95.8 Å². The minimum atomic E-state index is -3.61. The second-order valence-corrected chi connectivity index (χ2v) is 8.29. The second kappa shape index (κ2) is 9.41. The molecule has 1 N–H and O–H groups in total. The number of anilines is 1. The van der Waals surface area contributed by atoms with Gasteiger partial charge in [-0.05, 0) is 41.5 Å². The highest BCUT2D eigenvalue weighted by Crippen LogP contribution is 2.18. The minimum Gasteiger partial charge on any atom is -0.383 e. The van der Waals surface area contributed by atoms with Crippen LogP contribution in [0.4, 0.5) is 14.9 Å². The van der Waals surface area contributed by atoms with Gasteiger partial charge in [0.05, 0.1) is 6.26 Å². The van der Waals surface area contributed by atoms with Crippen molar-refractivity contribution in [3.8, 4) is 5.75 Å². The number of nitrogens with one attached hydrogen (secondary N) is 1. The van der Waals surface area contributed by atoms with Crippen molar-refractivity contribution in [3.63, 3.8) is 0 Å². The summed E-state index contributed by atoms with van der Waals surface area (Å²) in [5, 5.41) is 2.71. The van der Waals surface area contributed by atoms with E-state index in [0.717, 1.165) is 17.4 Å². The number of carbonyl (C=O) groups is 1. The fraction of sp³-hybridized carbons (Fsp3) is 0.136. The van der Waals surface area contributed by atoms with Crippen LogP contribution in [0, 0.1) is 5.82 Å². The van der Waals surface area contributed by atoms with Crippen molar-refractivity contribution >= 4 is 21.8 Å². The highest BCUT2D eigenvalue weighted by Gasteiger charge is 2.16. The zero-order valence-electron chi connectivity index (χ0n) is 16.3. The molecule has 0 fully saturated rings. The number of rotatable bonds is 7. The Morgan fingerprint density at radius 1 is 0.933 bits per heavy atom. The van der Waals surface area contributed by atoms with Crippen molar-refractivity contribution in [1.82, 2.24) is 4.90 Å². The van der Waals surface area contributed by atoms with Crippen LogP contribution in [-0.2, 0) is 23.2 Å². The van der Waals surface area contributed by atoms with Crippen LogP contribution in [0.3, 0.4) is 0 Å².